The molecule has 3 atom stereocenters. The summed E-state index contributed by atoms with van der Waals surface area (Å²) in [5.74, 6) is 1.04. The van der Waals surface area contributed by atoms with E-state index in [0.717, 1.165) is 10.9 Å². The largest absolute Gasteiger partial charge is 0.360 e. The normalized spacial score (nSPS) is 25.9. The maximum atomic E-state index is 13.4. The van der Waals surface area contributed by atoms with Crippen LogP contribution in [0.1, 0.15) is 41.8 Å². The van der Waals surface area contributed by atoms with Gasteiger partial charge >= 0.3 is 0 Å². The molecule has 2 N–H and O–H groups in total. The van der Waals surface area contributed by atoms with Gasteiger partial charge in [0, 0.05) is 36.2 Å². The molecule has 3 heterocycles. The van der Waals surface area contributed by atoms with E-state index in [1.54, 1.807) is 20.0 Å². The maximum Gasteiger partial charge on any atom is 0.256 e. The van der Waals surface area contributed by atoms with Gasteiger partial charge in [0.1, 0.15) is 0 Å². The van der Waals surface area contributed by atoms with Crippen molar-refractivity contribution < 1.29 is 17.7 Å². The first-order chi connectivity index (χ1) is 14.8. The Labute approximate surface area is 180 Å². The van der Waals surface area contributed by atoms with Gasteiger partial charge in [-0.25, -0.2) is 13.1 Å². The number of aromatic amines is 1. The summed E-state index contributed by atoms with van der Waals surface area (Å²) in [5.41, 5.74) is 1.00. The highest BCUT2D eigenvalue weighted by Crippen LogP contribution is 2.50. The number of aryl methyl sites for hydroxylation is 1. The minimum absolute atomic E-state index is 0.0334. The number of sulfonamides is 1. The number of hydrogen-bond donors (Lipinski definition) is 2. The van der Waals surface area contributed by atoms with Gasteiger partial charge < -0.3 is 14.4 Å². The third-order valence-electron chi connectivity index (χ3n) is 6.66. The van der Waals surface area contributed by atoms with E-state index in [1.165, 1.54) is 0 Å². The monoisotopic (exact) mass is 443 g/mol. The molecule has 1 aromatic carbocycles. The van der Waals surface area contributed by atoms with Gasteiger partial charge in [-0.3, -0.25) is 4.79 Å². The van der Waals surface area contributed by atoms with Gasteiger partial charge in [-0.2, -0.15) is 4.98 Å². The van der Waals surface area contributed by atoms with Crippen LogP contribution in [0.25, 0.3) is 10.9 Å². The van der Waals surface area contributed by atoms with Gasteiger partial charge in [0.05, 0.1) is 16.7 Å². The number of nitrogens with zero attached hydrogens (tertiary/aromatic N) is 3. The lowest BCUT2D eigenvalue weighted by atomic mass is 9.80. The lowest BCUT2D eigenvalue weighted by Crippen LogP contribution is -2.39. The summed E-state index contributed by atoms with van der Waals surface area (Å²) in [6.45, 7) is 4.32. The lowest BCUT2D eigenvalue weighted by molar-refractivity contribution is 0.0775. The van der Waals surface area contributed by atoms with Crippen molar-refractivity contribution in [1.29, 1.82) is 0 Å². The van der Waals surface area contributed by atoms with Crippen LogP contribution in [0.3, 0.4) is 0 Å². The summed E-state index contributed by atoms with van der Waals surface area (Å²) in [4.78, 5) is 22.9. The molecule has 0 unspecified atom stereocenters. The molecule has 2 fully saturated rings. The van der Waals surface area contributed by atoms with Crippen LogP contribution in [-0.4, -0.2) is 59.2 Å². The molecule has 3 aromatic rings. The van der Waals surface area contributed by atoms with Crippen molar-refractivity contribution in [1.82, 2.24) is 24.7 Å². The zero-order valence-electron chi connectivity index (χ0n) is 17.5. The number of carbonyl (C=O) groups is 1. The Hall–Kier alpha value is -2.72. The van der Waals surface area contributed by atoms with E-state index in [9.17, 15) is 13.2 Å². The number of rotatable bonds is 5. The van der Waals surface area contributed by atoms with E-state index in [-0.39, 0.29) is 23.6 Å². The molecular formula is C21H25N5O4S. The van der Waals surface area contributed by atoms with Gasteiger partial charge in [0.25, 0.3) is 5.91 Å². The topological polar surface area (TPSA) is 121 Å². The predicted octanol–water partition coefficient (Wildman–Crippen LogP) is 1.97. The number of fused-ring (bicyclic) bond motifs is 2. The lowest BCUT2D eigenvalue weighted by Gasteiger charge is -2.25. The van der Waals surface area contributed by atoms with Gasteiger partial charge in [-0.05, 0) is 38.7 Å². The van der Waals surface area contributed by atoms with E-state index in [4.69, 9.17) is 4.52 Å². The predicted molar refractivity (Wildman–Crippen MR) is 114 cm³/mol. The van der Waals surface area contributed by atoms with Gasteiger partial charge in [-0.1, -0.05) is 23.4 Å². The molecule has 2 aliphatic rings. The molecular weight excluding hydrogens is 418 g/mol. The van der Waals surface area contributed by atoms with Crippen LogP contribution in [-0.2, 0) is 15.4 Å². The fourth-order valence-electron chi connectivity index (χ4n) is 5.20. The summed E-state index contributed by atoms with van der Waals surface area (Å²) in [7, 11) is -3.33. The van der Waals surface area contributed by atoms with Crippen LogP contribution in [0.5, 0.6) is 0 Å². The Kier molecular flexibility index (Phi) is 4.67. The maximum absolute atomic E-state index is 13.4. The first-order valence-corrected chi connectivity index (χ1v) is 12.1. The number of benzene rings is 1. The molecule has 0 spiro atoms. The van der Waals surface area contributed by atoms with E-state index in [0.29, 0.717) is 43.2 Å². The highest BCUT2D eigenvalue weighted by atomic mass is 32.2. The fraction of sp³-hybridized carbons (Fsp3) is 0.476. The van der Waals surface area contributed by atoms with Crippen LogP contribution >= 0.6 is 0 Å². The Morgan fingerprint density at radius 3 is 2.94 bits per heavy atom. The third-order valence-corrected chi connectivity index (χ3v) is 8.11. The number of para-hydroxylation sites is 1. The summed E-state index contributed by atoms with van der Waals surface area (Å²) in [6.07, 6.45) is 2.90. The van der Waals surface area contributed by atoms with Crippen molar-refractivity contribution in [2.45, 2.75) is 38.1 Å². The number of likely N-dealkylation sites (tertiary alicyclic amines) is 1. The summed E-state index contributed by atoms with van der Waals surface area (Å²) in [5, 5.41) is 4.85. The van der Waals surface area contributed by atoms with Gasteiger partial charge in [-0.15, -0.1) is 0 Å². The van der Waals surface area contributed by atoms with Crippen molar-refractivity contribution in [2.24, 2.45) is 5.92 Å². The SMILES string of the molecule is CCS(=O)(=O)N[C@@H]1C[C@H]2CN(C(=O)c3c[nH]c4ccccc34)C[C@@]2(c2nc(C)no2)C1. The van der Waals surface area contributed by atoms with E-state index >= 15 is 0 Å². The number of aromatic nitrogens is 3. The molecule has 5 rings (SSSR count). The van der Waals surface area contributed by atoms with Crippen LogP contribution in [0.15, 0.2) is 35.0 Å². The molecule has 1 amide bonds. The number of carbonyl (C=O) groups excluding carboxylic acids is 1. The molecule has 31 heavy (non-hydrogen) atoms. The first kappa shape index (κ1) is 20.2. The number of H-pyrrole nitrogens is 1. The van der Waals surface area contributed by atoms with E-state index in [1.807, 2.05) is 29.2 Å². The molecule has 10 heteroatoms. The van der Waals surface area contributed by atoms with Gasteiger partial charge in [0.15, 0.2) is 5.82 Å². The number of amides is 1. The van der Waals surface area contributed by atoms with Gasteiger partial charge in [0.2, 0.25) is 15.9 Å². The zero-order valence-corrected chi connectivity index (χ0v) is 18.3. The highest BCUT2D eigenvalue weighted by Gasteiger charge is 2.58. The van der Waals surface area contributed by atoms with Crippen LogP contribution in [0.2, 0.25) is 0 Å². The minimum atomic E-state index is -3.33. The Bertz CT molecular complexity index is 1250. The number of hydrogen-bond acceptors (Lipinski definition) is 6. The second-order valence-corrected chi connectivity index (χ2v) is 10.6. The molecule has 0 bridgehead atoms. The average molecular weight is 444 g/mol. The van der Waals surface area contributed by atoms with Crippen molar-refractivity contribution >= 4 is 26.8 Å². The molecule has 1 aliphatic heterocycles. The Morgan fingerprint density at radius 1 is 1.39 bits per heavy atom. The Morgan fingerprint density at radius 2 is 2.19 bits per heavy atom. The van der Waals surface area contributed by atoms with Crippen molar-refractivity contribution in [2.75, 3.05) is 18.8 Å². The second-order valence-electron chi connectivity index (χ2n) is 8.59. The minimum Gasteiger partial charge on any atom is -0.360 e. The molecule has 0 radical (unpaired) electrons. The average Bonchev–Trinajstić information content (AvgIpc) is 3.48. The Balaban J connectivity index is 1.46. The van der Waals surface area contributed by atoms with E-state index < -0.39 is 15.4 Å². The van der Waals surface area contributed by atoms with Crippen molar-refractivity contribution in [3.05, 3.63) is 47.7 Å². The second kappa shape index (κ2) is 7.16. The molecule has 1 saturated heterocycles. The summed E-state index contributed by atoms with van der Waals surface area (Å²) >= 11 is 0. The van der Waals surface area contributed by atoms with Crippen molar-refractivity contribution in [3.63, 3.8) is 0 Å². The first-order valence-electron chi connectivity index (χ1n) is 10.5. The fourth-order valence-corrected chi connectivity index (χ4v) is 6.06. The zero-order chi connectivity index (χ0) is 21.8. The quantitative estimate of drug-likeness (QED) is 0.622. The molecule has 1 aliphatic carbocycles. The molecule has 1 saturated carbocycles. The van der Waals surface area contributed by atoms with Crippen LogP contribution in [0, 0.1) is 12.8 Å². The number of nitrogens with one attached hydrogen (secondary N) is 2. The molecule has 164 valence electrons. The van der Waals surface area contributed by atoms with Crippen molar-refractivity contribution in [3.8, 4) is 0 Å². The molecule has 2 aromatic heterocycles. The van der Waals surface area contributed by atoms with Crippen LogP contribution < -0.4 is 4.72 Å². The van der Waals surface area contributed by atoms with Crippen LogP contribution in [0.4, 0.5) is 0 Å². The standard InChI is InChI=1S/C21H25N5O4S/c1-3-31(28,29)25-15-8-14-11-26(12-21(14,9-15)20-23-13(2)24-30-20)19(27)17-10-22-18-7-5-4-6-16(17)18/h4-7,10,14-15,22,25H,3,8-9,11-12H2,1-2H3/t14-,15+,21-/m0/s1. The summed E-state index contributed by atoms with van der Waals surface area (Å²) < 4.78 is 32.7. The smallest absolute Gasteiger partial charge is 0.256 e. The molecule has 9 nitrogen and oxygen atoms in total. The van der Waals surface area contributed by atoms with E-state index in [2.05, 4.69) is 19.8 Å². The third kappa shape index (κ3) is 3.34. The highest BCUT2D eigenvalue weighted by molar-refractivity contribution is 7.89. The summed E-state index contributed by atoms with van der Waals surface area (Å²) in [6, 6.07) is 7.50.